The number of aryl methyl sites for hydroxylation is 2. The maximum absolute atomic E-state index is 11.7. The van der Waals surface area contributed by atoms with E-state index < -0.39 is 0 Å². The molecule has 0 atom stereocenters. The van der Waals surface area contributed by atoms with Crippen LogP contribution in [-0.4, -0.2) is 12.5 Å². The Balaban J connectivity index is 1.86. The Kier molecular flexibility index (Phi) is 5.61. The second-order valence-electron chi connectivity index (χ2n) is 5.34. The SMILES string of the molecule is CCCCNC(=O)CCc1ccc(-c2ccc(C)cc2)o1. The highest BCUT2D eigenvalue weighted by atomic mass is 16.3. The van der Waals surface area contributed by atoms with Crippen LogP contribution in [0.3, 0.4) is 0 Å². The third kappa shape index (κ3) is 4.78. The molecule has 0 radical (unpaired) electrons. The highest BCUT2D eigenvalue weighted by Crippen LogP contribution is 2.23. The molecule has 0 saturated carbocycles. The van der Waals surface area contributed by atoms with E-state index in [1.165, 1.54) is 5.56 Å². The maximum Gasteiger partial charge on any atom is 0.220 e. The van der Waals surface area contributed by atoms with Gasteiger partial charge in [-0.1, -0.05) is 43.2 Å². The molecule has 0 fully saturated rings. The van der Waals surface area contributed by atoms with Crippen molar-refractivity contribution in [1.29, 1.82) is 0 Å². The first kappa shape index (κ1) is 15.4. The van der Waals surface area contributed by atoms with Crippen LogP contribution in [0.2, 0.25) is 0 Å². The molecular formula is C18H23NO2. The molecule has 1 aromatic carbocycles. The van der Waals surface area contributed by atoms with E-state index in [1.54, 1.807) is 0 Å². The van der Waals surface area contributed by atoms with Gasteiger partial charge in [-0.15, -0.1) is 0 Å². The van der Waals surface area contributed by atoms with E-state index in [2.05, 4.69) is 43.4 Å². The summed E-state index contributed by atoms with van der Waals surface area (Å²) >= 11 is 0. The quantitative estimate of drug-likeness (QED) is 0.778. The molecule has 0 unspecified atom stereocenters. The van der Waals surface area contributed by atoms with Crippen LogP contribution >= 0.6 is 0 Å². The Morgan fingerprint density at radius 1 is 1.14 bits per heavy atom. The number of carbonyl (C=O) groups excluding carboxylic acids is 1. The topological polar surface area (TPSA) is 42.2 Å². The molecule has 0 aliphatic carbocycles. The number of furan rings is 1. The standard InChI is InChI=1S/C18H23NO2/c1-3-4-13-19-18(20)12-10-16-9-11-17(21-16)15-7-5-14(2)6-8-15/h5-9,11H,3-4,10,12-13H2,1-2H3,(H,19,20). The predicted octanol–water partition coefficient (Wildman–Crippen LogP) is 4.10. The number of benzene rings is 1. The summed E-state index contributed by atoms with van der Waals surface area (Å²) in [7, 11) is 0. The first-order chi connectivity index (χ1) is 10.2. The predicted molar refractivity (Wildman–Crippen MR) is 85.1 cm³/mol. The summed E-state index contributed by atoms with van der Waals surface area (Å²) in [5.41, 5.74) is 2.30. The third-order valence-electron chi connectivity index (χ3n) is 3.45. The molecule has 0 bridgehead atoms. The van der Waals surface area contributed by atoms with Gasteiger partial charge >= 0.3 is 0 Å². The van der Waals surface area contributed by atoms with Crippen molar-refractivity contribution in [3.8, 4) is 11.3 Å². The first-order valence-electron chi connectivity index (χ1n) is 7.61. The third-order valence-corrected chi connectivity index (χ3v) is 3.45. The Bertz CT molecular complexity index is 569. The fourth-order valence-electron chi connectivity index (χ4n) is 2.11. The van der Waals surface area contributed by atoms with Crippen LogP contribution in [0.25, 0.3) is 11.3 Å². The van der Waals surface area contributed by atoms with Gasteiger partial charge in [-0.2, -0.15) is 0 Å². The molecule has 21 heavy (non-hydrogen) atoms. The summed E-state index contributed by atoms with van der Waals surface area (Å²) in [6.45, 7) is 4.94. The highest BCUT2D eigenvalue weighted by Gasteiger charge is 2.07. The lowest BCUT2D eigenvalue weighted by Gasteiger charge is -2.03. The average Bonchev–Trinajstić information content (AvgIpc) is 2.95. The van der Waals surface area contributed by atoms with Crippen molar-refractivity contribution >= 4 is 5.91 Å². The van der Waals surface area contributed by atoms with E-state index in [9.17, 15) is 4.79 Å². The second-order valence-corrected chi connectivity index (χ2v) is 5.34. The Morgan fingerprint density at radius 3 is 2.62 bits per heavy atom. The molecule has 0 aliphatic heterocycles. The molecule has 0 aliphatic rings. The molecule has 3 heteroatoms. The molecular weight excluding hydrogens is 262 g/mol. The number of carbonyl (C=O) groups is 1. The summed E-state index contributed by atoms with van der Waals surface area (Å²) in [5.74, 6) is 1.81. The van der Waals surface area contributed by atoms with Crippen LogP contribution in [0, 0.1) is 6.92 Å². The lowest BCUT2D eigenvalue weighted by atomic mass is 10.1. The summed E-state index contributed by atoms with van der Waals surface area (Å²) in [6, 6.07) is 12.2. The number of hydrogen-bond acceptors (Lipinski definition) is 2. The Labute approximate surface area is 126 Å². The van der Waals surface area contributed by atoms with Gasteiger partial charge in [0.1, 0.15) is 11.5 Å². The summed E-state index contributed by atoms with van der Waals surface area (Å²) in [6.07, 6.45) is 3.25. The lowest BCUT2D eigenvalue weighted by Crippen LogP contribution is -2.24. The number of amides is 1. The van der Waals surface area contributed by atoms with Crippen LogP contribution in [0.4, 0.5) is 0 Å². The smallest absolute Gasteiger partial charge is 0.220 e. The van der Waals surface area contributed by atoms with Gasteiger partial charge in [-0.25, -0.2) is 0 Å². The molecule has 1 aromatic heterocycles. The number of hydrogen-bond donors (Lipinski definition) is 1. The van der Waals surface area contributed by atoms with Gasteiger partial charge in [0.25, 0.3) is 0 Å². The Hall–Kier alpha value is -2.03. The first-order valence-corrected chi connectivity index (χ1v) is 7.61. The second kappa shape index (κ2) is 7.67. The minimum Gasteiger partial charge on any atom is -0.461 e. The molecule has 0 spiro atoms. The average molecular weight is 285 g/mol. The van der Waals surface area contributed by atoms with Gasteiger partial charge in [0.15, 0.2) is 0 Å². The molecule has 2 aromatic rings. The lowest BCUT2D eigenvalue weighted by molar-refractivity contribution is -0.121. The maximum atomic E-state index is 11.7. The van der Waals surface area contributed by atoms with E-state index in [4.69, 9.17) is 4.42 Å². The molecule has 1 amide bonds. The summed E-state index contributed by atoms with van der Waals surface area (Å²) in [4.78, 5) is 11.7. The highest BCUT2D eigenvalue weighted by molar-refractivity contribution is 5.76. The van der Waals surface area contributed by atoms with Crippen molar-refractivity contribution in [2.45, 2.75) is 39.5 Å². The van der Waals surface area contributed by atoms with Gasteiger partial charge in [-0.3, -0.25) is 4.79 Å². The van der Waals surface area contributed by atoms with Crippen LogP contribution in [0.15, 0.2) is 40.8 Å². The van der Waals surface area contributed by atoms with Gasteiger partial charge in [0, 0.05) is 24.9 Å². The van der Waals surface area contributed by atoms with Crippen molar-refractivity contribution < 1.29 is 9.21 Å². The molecule has 1 heterocycles. The number of rotatable bonds is 7. The van der Waals surface area contributed by atoms with Crippen LogP contribution in [-0.2, 0) is 11.2 Å². The number of unbranched alkanes of at least 4 members (excludes halogenated alkanes) is 1. The zero-order valence-electron chi connectivity index (χ0n) is 12.8. The summed E-state index contributed by atoms with van der Waals surface area (Å²) in [5, 5.41) is 2.92. The fourth-order valence-corrected chi connectivity index (χ4v) is 2.11. The van der Waals surface area contributed by atoms with E-state index in [-0.39, 0.29) is 5.91 Å². The van der Waals surface area contributed by atoms with E-state index in [0.717, 1.165) is 36.5 Å². The van der Waals surface area contributed by atoms with Crippen molar-refractivity contribution in [2.24, 2.45) is 0 Å². The fraction of sp³-hybridized carbons (Fsp3) is 0.389. The zero-order chi connectivity index (χ0) is 15.1. The number of nitrogens with one attached hydrogen (secondary N) is 1. The van der Waals surface area contributed by atoms with Gasteiger partial charge in [-0.05, 0) is 25.5 Å². The zero-order valence-corrected chi connectivity index (χ0v) is 12.8. The van der Waals surface area contributed by atoms with E-state index in [0.29, 0.717) is 12.8 Å². The van der Waals surface area contributed by atoms with Crippen molar-refractivity contribution in [3.05, 3.63) is 47.7 Å². The normalized spacial score (nSPS) is 10.6. The van der Waals surface area contributed by atoms with Crippen LogP contribution < -0.4 is 5.32 Å². The minimum absolute atomic E-state index is 0.0942. The summed E-state index contributed by atoms with van der Waals surface area (Å²) < 4.78 is 5.81. The molecule has 0 saturated heterocycles. The van der Waals surface area contributed by atoms with Crippen LogP contribution in [0.1, 0.15) is 37.5 Å². The molecule has 1 N–H and O–H groups in total. The van der Waals surface area contributed by atoms with Crippen molar-refractivity contribution in [2.75, 3.05) is 6.54 Å². The monoisotopic (exact) mass is 285 g/mol. The van der Waals surface area contributed by atoms with E-state index >= 15 is 0 Å². The van der Waals surface area contributed by atoms with Crippen LogP contribution in [0.5, 0.6) is 0 Å². The van der Waals surface area contributed by atoms with E-state index in [1.807, 2.05) is 12.1 Å². The molecule has 3 nitrogen and oxygen atoms in total. The van der Waals surface area contributed by atoms with Gasteiger partial charge < -0.3 is 9.73 Å². The largest absolute Gasteiger partial charge is 0.461 e. The molecule has 112 valence electrons. The van der Waals surface area contributed by atoms with Gasteiger partial charge in [0.2, 0.25) is 5.91 Å². The Morgan fingerprint density at radius 2 is 1.90 bits per heavy atom. The molecule has 2 rings (SSSR count). The minimum atomic E-state index is 0.0942. The van der Waals surface area contributed by atoms with Crippen molar-refractivity contribution in [3.63, 3.8) is 0 Å². The van der Waals surface area contributed by atoms with Gasteiger partial charge in [0.05, 0.1) is 0 Å². The van der Waals surface area contributed by atoms with Crippen molar-refractivity contribution in [1.82, 2.24) is 5.32 Å².